The molecule has 19 nitrogen and oxygen atoms in total. The third-order valence-electron chi connectivity index (χ3n) is 11.0. The normalized spacial score (nSPS) is 29.9. The number of phenolic OH excluding ortho intramolecular Hbond substituents is 2. The van der Waals surface area contributed by atoms with E-state index in [1.54, 1.807) is 6.92 Å². The number of rotatable bonds is 5. The van der Waals surface area contributed by atoms with E-state index in [0.29, 0.717) is 11.1 Å². The van der Waals surface area contributed by atoms with Gasteiger partial charge in [-0.05, 0) is 67.7 Å². The molecule has 2 aromatic carbocycles. The van der Waals surface area contributed by atoms with Crippen molar-refractivity contribution in [3.8, 4) is 11.5 Å². The van der Waals surface area contributed by atoms with Crippen molar-refractivity contribution in [1.29, 1.82) is 0 Å². The fourth-order valence-corrected chi connectivity index (χ4v) is 7.52. The highest BCUT2D eigenvalue weighted by molar-refractivity contribution is 6.06. The molecule has 0 aliphatic carbocycles. The minimum absolute atomic E-state index is 0.00948. The van der Waals surface area contributed by atoms with Gasteiger partial charge in [0.15, 0.2) is 0 Å². The number of benzene rings is 2. The predicted octanol–water partition coefficient (Wildman–Crippen LogP) is -2.69. The molecular formula is C40H53N7O12. The van der Waals surface area contributed by atoms with E-state index >= 15 is 0 Å². The summed E-state index contributed by atoms with van der Waals surface area (Å²) in [6.07, 6.45) is -6.29. The average Bonchev–Trinajstić information content (AvgIpc) is 3.74. The summed E-state index contributed by atoms with van der Waals surface area (Å²) in [6, 6.07) is 3.65. The van der Waals surface area contributed by atoms with E-state index in [9.17, 15) is 59.4 Å². The van der Waals surface area contributed by atoms with Crippen LogP contribution in [0.15, 0.2) is 54.2 Å². The number of aliphatic hydroxyl groups excluding tert-OH is 4. The molecule has 5 rings (SSSR count). The summed E-state index contributed by atoms with van der Waals surface area (Å²) in [5.41, 5.74) is 6.99. The first-order valence-electron chi connectivity index (χ1n) is 19.4. The monoisotopic (exact) mass is 823 g/mol. The molecule has 0 aromatic heterocycles. The molecule has 19 heteroatoms. The maximum absolute atomic E-state index is 14.4. The number of aromatic hydroxyl groups is 2. The van der Waals surface area contributed by atoms with E-state index in [4.69, 9.17) is 5.73 Å². The Labute approximate surface area is 340 Å². The maximum atomic E-state index is 14.4. The Kier molecular flexibility index (Phi) is 14.3. The fraction of sp³-hybridized carbons (Fsp3) is 0.500. The summed E-state index contributed by atoms with van der Waals surface area (Å²) in [5.74, 6) is -6.23. The minimum atomic E-state index is -1.86. The largest absolute Gasteiger partial charge is 0.508 e. The van der Waals surface area contributed by atoms with E-state index < -0.39 is 96.0 Å². The van der Waals surface area contributed by atoms with Gasteiger partial charge in [0.2, 0.25) is 29.5 Å². The molecule has 320 valence electrons. The van der Waals surface area contributed by atoms with Crippen molar-refractivity contribution in [2.24, 2.45) is 11.7 Å². The van der Waals surface area contributed by atoms with Gasteiger partial charge >= 0.3 is 0 Å². The number of allylic oxidation sites excluding steroid dienone is 1. The number of hydrogen-bond acceptors (Lipinski definition) is 13. The molecule has 3 aliphatic heterocycles. The smallest absolute Gasteiger partial charge is 0.271 e. The Bertz CT molecular complexity index is 1920. The first-order chi connectivity index (χ1) is 27.9. The lowest BCUT2D eigenvalue weighted by Crippen LogP contribution is -2.63. The van der Waals surface area contributed by atoms with Crippen LogP contribution in [-0.4, -0.2) is 150 Å². The Morgan fingerprint density at radius 1 is 0.831 bits per heavy atom. The first-order valence-corrected chi connectivity index (χ1v) is 19.4. The lowest BCUT2D eigenvalue weighted by molar-refractivity contribution is -0.146. The highest BCUT2D eigenvalue weighted by atomic mass is 16.3. The molecule has 0 saturated carbocycles. The number of aliphatic hydroxyl groups is 4. The molecule has 0 radical (unpaired) electrons. The van der Waals surface area contributed by atoms with Crippen LogP contribution in [0.4, 0.5) is 0 Å². The summed E-state index contributed by atoms with van der Waals surface area (Å²) in [6.45, 7) is 3.80. The Morgan fingerprint density at radius 2 is 1.44 bits per heavy atom. The summed E-state index contributed by atoms with van der Waals surface area (Å²) < 4.78 is 0. The molecule has 3 fully saturated rings. The van der Waals surface area contributed by atoms with Crippen LogP contribution >= 0.6 is 0 Å². The van der Waals surface area contributed by atoms with Gasteiger partial charge in [-0.3, -0.25) is 28.8 Å². The predicted molar refractivity (Wildman–Crippen MR) is 209 cm³/mol. The molecule has 6 amide bonds. The topological polar surface area (TPSA) is 304 Å². The zero-order valence-electron chi connectivity index (χ0n) is 32.9. The fourth-order valence-electron chi connectivity index (χ4n) is 7.52. The van der Waals surface area contributed by atoms with Crippen molar-refractivity contribution >= 4 is 41.0 Å². The van der Waals surface area contributed by atoms with Gasteiger partial charge in [-0.25, -0.2) is 0 Å². The van der Waals surface area contributed by atoms with E-state index in [1.807, 2.05) is 0 Å². The van der Waals surface area contributed by atoms with E-state index in [1.165, 1.54) is 62.4 Å². The van der Waals surface area contributed by atoms with Crippen LogP contribution in [0.1, 0.15) is 51.2 Å². The maximum Gasteiger partial charge on any atom is 0.271 e. The molecule has 59 heavy (non-hydrogen) atoms. The second-order valence-corrected chi connectivity index (χ2v) is 15.5. The van der Waals surface area contributed by atoms with Gasteiger partial charge in [0.1, 0.15) is 41.4 Å². The van der Waals surface area contributed by atoms with Crippen LogP contribution in [0, 0.1) is 5.92 Å². The van der Waals surface area contributed by atoms with Crippen molar-refractivity contribution in [2.75, 3.05) is 19.6 Å². The Balaban J connectivity index is 1.57. The molecule has 2 aromatic rings. The molecular weight excluding hydrogens is 770 g/mol. The van der Waals surface area contributed by atoms with Crippen LogP contribution in [0.25, 0.3) is 5.57 Å². The van der Waals surface area contributed by atoms with Gasteiger partial charge in [0, 0.05) is 38.4 Å². The van der Waals surface area contributed by atoms with Crippen molar-refractivity contribution in [2.45, 2.75) is 101 Å². The van der Waals surface area contributed by atoms with E-state index in [-0.39, 0.29) is 68.1 Å². The standard InChI is InChI=1S/C40H53N7O12/c1-19-17-47-33(34(19)53)38(57)42-14-4-5-27(41)35(54)43-30(20(2)23-8-12-25(50)13-9-23)39(58)46-18-26(51)16-28(46)36(55)45-32(37(56)44-31(21(3)48)40(47)59)29(52)15-22-6-10-24(49)11-7-22/h6-13,19,21,26-29,31-34,48-53H,4-5,14-18,41H2,1-3H3,(H,42,57)(H,43,54)(H,44,56)(H,45,55)/b30-20+/t19-,21?,26+,27-,28-,29+,31-,32-,33-,34-/m0/s1. The number of hydrogen-bond donors (Lipinski definition) is 11. The second-order valence-electron chi connectivity index (χ2n) is 15.5. The summed E-state index contributed by atoms with van der Waals surface area (Å²) in [7, 11) is 0. The quantitative estimate of drug-likeness (QED) is 0.137. The number of carbonyl (C=O) groups is 6. The van der Waals surface area contributed by atoms with Gasteiger partial charge in [-0.2, -0.15) is 0 Å². The number of nitrogens with zero attached hydrogens (tertiary/aromatic N) is 2. The number of phenols is 2. The van der Waals surface area contributed by atoms with E-state index in [2.05, 4.69) is 21.3 Å². The molecule has 3 saturated heterocycles. The zero-order chi connectivity index (χ0) is 43.3. The molecule has 10 atom stereocenters. The summed E-state index contributed by atoms with van der Waals surface area (Å²) >= 11 is 0. The number of carbonyl (C=O) groups excluding carboxylic acids is 6. The van der Waals surface area contributed by atoms with Gasteiger partial charge in [-0.1, -0.05) is 31.2 Å². The summed E-state index contributed by atoms with van der Waals surface area (Å²) in [4.78, 5) is 86.0. The van der Waals surface area contributed by atoms with Crippen molar-refractivity contribution in [3.05, 3.63) is 65.4 Å². The highest BCUT2D eigenvalue weighted by Gasteiger charge is 2.48. The number of nitrogens with one attached hydrogen (secondary N) is 4. The van der Waals surface area contributed by atoms with Crippen LogP contribution in [0.5, 0.6) is 11.5 Å². The molecule has 3 aliphatic rings. The third kappa shape index (κ3) is 10.4. The van der Waals surface area contributed by atoms with Crippen LogP contribution in [0.3, 0.4) is 0 Å². The average molecular weight is 824 g/mol. The van der Waals surface area contributed by atoms with Crippen LogP contribution in [0.2, 0.25) is 0 Å². The van der Waals surface area contributed by atoms with E-state index in [0.717, 1.165) is 9.80 Å². The molecule has 0 spiro atoms. The van der Waals surface area contributed by atoms with Crippen molar-refractivity contribution in [3.63, 3.8) is 0 Å². The highest BCUT2D eigenvalue weighted by Crippen LogP contribution is 2.28. The lowest BCUT2D eigenvalue weighted by atomic mass is 9.99. The number of fused-ring (bicyclic) bond motifs is 2. The van der Waals surface area contributed by atoms with Gasteiger partial charge in [-0.15, -0.1) is 0 Å². The van der Waals surface area contributed by atoms with Crippen LogP contribution < -0.4 is 27.0 Å². The number of amides is 6. The molecule has 3 heterocycles. The summed E-state index contributed by atoms with van der Waals surface area (Å²) in [5, 5.41) is 73.9. The minimum Gasteiger partial charge on any atom is -0.508 e. The molecule has 0 bridgehead atoms. The van der Waals surface area contributed by atoms with Gasteiger partial charge in [0.25, 0.3) is 5.91 Å². The van der Waals surface area contributed by atoms with Gasteiger partial charge < -0.3 is 67.4 Å². The Hall–Kier alpha value is -5.60. The Morgan fingerprint density at radius 3 is 2.07 bits per heavy atom. The molecule has 12 N–H and O–H groups in total. The number of nitrogens with two attached hydrogens (primary N) is 1. The lowest BCUT2D eigenvalue weighted by Gasteiger charge is -2.33. The third-order valence-corrected chi connectivity index (χ3v) is 11.0. The second kappa shape index (κ2) is 19.0. The van der Waals surface area contributed by atoms with Crippen LogP contribution in [-0.2, 0) is 35.2 Å². The van der Waals surface area contributed by atoms with Gasteiger partial charge in [0.05, 0.1) is 30.5 Å². The zero-order valence-corrected chi connectivity index (χ0v) is 32.9. The SMILES string of the molecule is C/C(=C1\NC(=O)[C@@H](N)CCCNC(=O)[C@@H]2[C@@H](O)[C@@H](C)CN2C(=O)[C@H](C(C)O)NC(=O)[C@H]([C@H](O)Cc2ccc(O)cc2)NC(=O)[C@@H]2C[C@@H](O)CN2C1=O)c1ccc(O)cc1. The first kappa shape index (κ1) is 44.5. The van der Waals surface area contributed by atoms with Crippen molar-refractivity contribution < 1.29 is 59.4 Å². The molecule has 1 unspecified atom stereocenters. The van der Waals surface area contributed by atoms with Crippen molar-refractivity contribution in [1.82, 2.24) is 31.1 Å².